The Morgan fingerprint density at radius 2 is 2.00 bits per heavy atom. The summed E-state index contributed by atoms with van der Waals surface area (Å²) in [7, 11) is 0. The fourth-order valence-electron chi connectivity index (χ4n) is 1.42. The Hall–Kier alpha value is -0.910. The van der Waals surface area contributed by atoms with Crippen LogP contribution in [0.1, 0.15) is 20.6 Å². The molecule has 0 aromatic carbocycles. The first kappa shape index (κ1) is 12.5. The minimum absolute atomic E-state index is 0.247. The number of rotatable bonds is 4. The van der Waals surface area contributed by atoms with Gasteiger partial charge >= 0.3 is 0 Å². The second kappa shape index (κ2) is 5.62. The lowest BCUT2D eigenvalue weighted by atomic mass is 10.3. The van der Waals surface area contributed by atoms with Crippen LogP contribution in [0.25, 0.3) is 0 Å². The monoisotopic (exact) mass is 265 g/mol. The lowest BCUT2D eigenvalue weighted by molar-refractivity contribution is 0.913. The maximum Gasteiger partial charge on any atom is 0.188 e. The van der Waals surface area contributed by atoms with E-state index < -0.39 is 0 Å². The molecule has 0 bridgehead atoms. The third-order valence-corrected chi connectivity index (χ3v) is 4.71. The molecule has 0 fully saturated rings. The lowest BCUT2D eigenvalue weighted by Crippen LogP contribution is -2.08. The SMILES string of the molecule is Cc1cnc(SC(CN)c2ccc(C)s2)nc1. The molecule has 2 aromatic rings. The van der Waals surface area contributed by atoms with Crippen LogP contribution in [0.15, 0.2) is 29.7 Å². The van der Waals surface area contributed by atoms with Crippen LogP contribution < -0.4 is 5.73 Å². The second-order valence-corrected chi connectivity index (χ2v) is 6.32. The Kier molecular flexibility index (Phi) is 4.15. The number of aryl methyl sites for hydroxylation is 2. The van der Waals surface area contributed by atoms with Gasteiger partial charge in [0.25, 0.3) is 0 Å². The predicted molar refractivity (Wildman–Crippen MR) is 73.5 cm³/mol. The highest BCUT2D eigenvalue weighted by molar-refractivity contribution is 7.99. The fraction of sp³-hybridized carbons (Fsp3) is 0.333. The zero-order chi connectivity index (χ0) is 12.3. The van der Waals surface area contributed by atoms with Crippen LogP contribution in [-0.2, 0) is 0 Å². The van der Waals surface area contributed by atoms with E-state index in [1.807, 2.05) is 19.3 Å². The minimum atomic E-state index is 0.247. The van der Waals surface area contributed by atoms with Crippen molar-refractivity contribution in [1.29, 1.82) is 0 Å². The summed E-state index contributed by atoms with van der Waals surface area (Å²) in [6.45, 7) is 4.69. The summed E-state index contributed by atoms with van der Waals surface area (Å²) >= 11 is 3.41. The summed E-state index contributed by atoms with van der Waals surface area (Å²) in [6, 6.07) is 4.26. The quantitative estimate of drug-likeness (QED) is 0.682. The molecule has 0 amide bonds. The van der Waals surface area contributed by atoms with Crippen molar-refractivity contribution in [3.63, 3.8) is 0 Å². The molecule has 0 aliphatic rings. The van der Waals surface area contributed by atoms with Crippen molar-refractivity contribution >= 4 is 23.1 Å². The number of nitrogens with two attached hydrogens (primary N) is 1. The number of hydrogen-bond donors (Lipinski definition) is 1. The molecule has 2 N–H and O–H groups in total. The third kappa shape index (κ3) is 3.28. The Morgan fingerprint density at radius 1 is 1.29 bits per heavy atom. The van der Waals surface area contributed by atoms with Crippen molar-refractivity contribution in [1.82, 2.24) is 9.97 Å². The molecular weight excluding hydrogens is 250 g/mol. The van der Waals surface area contributed by atoms with Gasteiger partial charge in [0.05, 0.1) is 5.25 Å². The van der Waals surface area contributed by atoms with E-state index in [1.54, 1.807) is 23.1 Å². The third-order valence-electron chi connectivity index (χ3n) is 2.30. The molecular formula is C12H15N3S2. The number of thioether (sulfide) groups is 1. The van der Waals surface area contributed by atoms with Gasteiger partial charge < -0.3 is 5.73 Å². The normalized spacial score (nSPS) is 12.6. The van der Waals surface area contributed by atoms with E-state index in [0.717, 1.165) is 10.7 Å². The Labute approximate surface area is 109 Å². The van der Waals surface area contributed by atoms with Gasteiger partial charge in [0.15, 0.2) is 5.16 Å². The summed E-state index contributed by atoms with van der Waals surface area (Å²) in [4.78, 5) is 11.2. The van der Waals surface area contributed by atoms with E-state index in [4.69, 9.17) is 5.73 Å². The maximum absolute atomic E-state index is 5.82. The summed E-state index contributed by atoms with van der Waals surface area (Å²) < 4.78 is 0. The predicted octanol–water partition coefficient (Wildman–Crippen LogP) is 2.95. The van der Waals surface area contributed by atoms with Crippen LogP contribution in [0.4, 0.5) is 0 Å². The maximum atomic E-state index is 5.82. The Morgan fingerprint density at radius 3 is 2.53 bits per heavy atom. The molecule has 2 rings (SSSR count). The molecule has 1 atom stereocenters. The van der Waals surface area contributed by atoms with Crippen molar-refractivity contribution in [3.05, 3.63) is 39.8 Å². The number of nitrogens with zero attached hydrogens (tertiary/aromatic N) is 2. The highest BCUT2D eigenvalue weighted by atomic mass is 32.2. The molecule has 17 heavy (non-hydrogen) atoms. The van der Waals surface area contributed by atoms with Crippen LogP contribution in [0.5, 0.6) is 0 Å². The number of thiophene rings is 1. The first-order chi connectivity index (χ1) is 8.19. The molecule has 2 aromatic heterocycles. The molecule has 90 valence electrons. The van der Waals surface area contributed by atoms with E-state index in [0.29, 0.717) is 6.54 Å². The van der Waals surface area contributed by atoms with Crippen LogP contribution in [0.2, 0.25) is 0 Å². The molecule has 0 aliphatic heterocycles. The first-order valence-corrected chi connectivity index (χ1v) is 7.10. The molecule has 0 saturated carbocycles. The zero-order valence-corrected chi connectivity index (χ0v) is 11.5. The standard InChI is InChI=1S/C12H15N3S2/c1-8-6-14-12(15-7-8)17-11(5-13)10-4-3-9(2)16-10/h3-4,6-7,11H,5,13H2,1-2H3. The van der Waals surface area contributed by atoms with Crippen molar-refractivity contribution in [2.24, 2.45) is 5.73 Å². The van der Waals surface area contributed by atoms with Crippen LogP contribution >= 0.6 is 23.1 Å². The van der Waals surface area contributed by atoms with Crippen LogP contribution in [0, 0.1) is 13.8 Å². The molecule has 0 spiro atoms. The molecule has 0 aliphatic carbocycles. The first-order valence-electron chi connectivity index (χ1n) is 5.40. The second-order valence-electron chi connectivity index (χ2n) is 3.83. The van der Waals surface area contributed by atoms with Gasteiger partial charge in [-0.05, 0) is 31.5 Å². The summed E-state index contributed by atoms with van der Waals surface area (Å²) in [5, 5.41) is 1.04. The highest BCUT2D eigenvalue weighted by Crippen LogP contribution is 2.35. The number of aromatic nitrogens is 2. The largest absolute Gasteiger partial charge is 0.329 e. The van der Waals surface area contributed by atoms with E-state index in [2.05, 4.69) is 29.0 Å². The van der Waals surface area contributed by atoms with Gasteiger partial charge in [-0.1, -0.05) is 11.8 Å². The van der Waals surface area contributed by atoms with Gasteiger partial charge in [-0.2, -0.15) is 0 Å². The van der Waals surface area contributed by atoms with E-state index in [9.17, 15) is 0 Å². The molecule has 0 saturated heterocycles. The molecule has 5 heteroatoms. The highest BCUT2D eigenvalue weighted by Gasteiger charge is 2.14. The fourth-order valence-corrected chi connectivity index (χ4v) is 3.35. The van der Waals surface area contributed by atoms with Gasteiger partial charge in [-0.15, -0.1) is 11.3 Å². The average Bonchev–Trinajstić information content (AvgIpc) is 2.75. The van der Waals surface area contributed by atoms with Crippen molar-refractivity contribution < 1.29 is 0 Å². The zero-order valence-electron chi connectivity index (χ0n) is 9.88. The van der Waals surface area contributed by atoms with Crippen LogP contribution in [-0.4, -0.2) is 16.5 Å². The van der Waals surface area contributed by atoms with Gasteiger partial charge in [0.2, 0.25) is 0 Å². The summed E-state index contributed by atoms with van der Waals surface area (Å²) in [6.07, 6.45) is 3.67. The number of hydrogen-bond acceptors (Lipinski definition) is 5. The topological polar surface area (TPSA) is 51.8 Å². The lowest BCUT2D eigenvalue weighted by Gasteiger charge is -2.10. The van der Waals surface area contributed by atoms with Crippen LogP contribution in [0.3, 0.4) is 0 Å². The van der Waals surface area contributed by atoms with Crippen molar-refractivity contribution in [2.45, 2.75) is 24.3 Å². The Balaban J connectivity index is 2.12. The molecule has 2 heterocycles. The van der Waals surface area contributed by atoms with Gasteiger partial charge in [0.1, 0.15) is 0 Å². The smallest absolute Gasteiger partial charge is 0.188 e. The minimum Gasteiger partial charge on any atom is -0.329 e. The van der Waals surface area contributed by atoms with Gasteiger partial charge in [-0.25, -0.2) is 9.97 Å². The summed E-state index contributed by atoms with van der Waals surface area (Å²) in [5.41, 5.74) is 6.90. The van der Waals surface area contributed by atoms with Crippen molar-refractivity contribution in [3.8, 4) is 0 Å². The van der Waals surface area contributed by atoms with Crippen molar-refractivity contribution in [2.75, 3.05) is 6.54 Å². The average molecular weight is 265 g/mol. The Bertz CT molecular complexity index is 479. The molecule has 3 nitrogen and oxygen atoms in total. The molecule has 1 unspecified atom stereocenters. The summed E-state index contributed by atoms with van der Waals surface area (Å²) in [5.74, 6) is 0. The van der Waals surface area contributed by atoms with Gasteiger partial charge in [-0.3, -0.25) is 0 Å². The van der Waals surface area contributed by atoms with E-state index >= 15 is 0 Å². The van der Waals surface area contributed by atoms with E-state index in [-0.39, 0.29) is 5.25 Å². The van der Waals surface area contributed by atoms with Gasteiger partial charge in [0, 0.05) is 28.7 Å². The molecule has 0 radical (unpaired) electrons. The van der Waals surface area contributed by atoms with E-state index in [1.165, 1.54) is 9.75 Å².